The van der Waals surface area contributed by atoms with Crippen LogP contribution in [-0.4, -0.2) is 140 Å². The highest BCUT2D eigenvalue weighted by atomic mass is 19.4. The molecule has 0 radical (unpaired) electrons. The first-order valence-electron chi connectivity index (χ1n) is 23.3. The number of carbonyl (C=O) groups excluding carboxylic acids is 6. The number of methoxy groups -OCH3 is 1. The van der Waals surface area contributed by atoms with Crippen LogP contribution in [0.25, 0.3) is 0 Å². The van der Waals surface area contributed by atoms with Crippen molar-refractivity contribution in [2.75, 3.05) is 7.11 Å². The lowest BCUT2D eigenvalue weighted by Gasteiger charge is -2.43. The number of halogens is 12. The number of carboxylic acid groups (broad SMARTS) is 2. The van der Waals surface area contributed by atoms with E-state index in [1.807, 2.05) is 0 Å². The van der Waals surface area contributed by atoms with E-state index in [1.54, 1.807) is 0 Å². The molecule has 8 aliphatic rings. The number of rotatable bonds is 4. The number of carbonyl (C=O) groups is 8. The standard InChI is InChI=1S/C16H24O4.C11H8O6.C9H12F6O3.C4H4F6O.C3H6O2.C2H4O2.3CH4/c1-9-2-6-12(7-3-9)20-16(19)14-11-5-4-10(8-11)13(14)15(17)18;12-8-4-2-1-3(6(4)10(14)16-8)7-5(2)9(13)17-11(7)15;10-8(11,12)7(18,9(13,14)15)5-3-4(16)1-2-6(5)17;1-2(11,3(5,6)7)4(8,9)10;1-3(4)5-2;1-2(3)4;;;/h9-14H,2-8H2,1H3,(H,17,18);2-7H,1H2;4-6,16-18H,1-3H2;11H,1H3;1-2H3;1H3,(H,3,4);3*1H4. The SMILES string of the molecule is C.C.C.CC(=O)O.CC(O)(C(F)(F)F)C(F)(F)F.CC1CCC(OC(=O)C2C3CCC(C3)C2C(=O)O)CC1.COC(C)=O.O=C1OC(=O)C2C3CC(C12)C1C(=O)OC(=O)C31.OC1CCC(O)C(C(O)(C(F)(F)F)C(F)(F)F)C1. The number of fused-ring (bicyclic) bond motifs is 10. The maximum atomic E-state index is 12.5. The van der Waals surface area contributed by atoms with E-state index < -0.39 is 132 Å². The molecule has 6 N–H and O–H groups in total. The van der Waals surface area contributed by atoms with Gasteiger partial charge >= 0.3 is 66.5 Å². The number of aliphatic hydroxyl groups excluding tert-OH is 2. The van der Waals surface area contributed by atoms with Gasteiger partial charge in [-0.15, -0.1) is 0 Å². The number of hydrogen-bond donors (Lipinski definition) is 6. The van der Waals surface area contributed by atoms with Crippen molar-refractivity contribution in [3.8, 4) is 0 Å². The minimum atomic E-state index is -5.98. The Bertz CT molecular complexity index is 1970. The van der Waals surface area contributed by atoms with Crippen LogP contribution in [0.4, 0.5) is 52.7 Å². The lowest BCUT2D eigenvalue weighted by atomic mass is 9.70. The average molecular weight is 1160 g/mol. The second-order valence-electron chi connectivity index (χ2n) is 19.9. The van der Waals surface area contributed by atoms with Gasteiger partial charge in [-0.3, -0.25) is 38.4 Å². The third kappa shape index (κ3) is 16.2. The number of aliphatic hydroxyl groups is 4. The van der Waals surface area contributed by atoms with Crippen molar-refractivity contribution in [2.24, 2.45) is 71.0 Å². The summed E-state index contributed by atoms with van der Waals surface area (Å²) >= 11 is 0. The van der Waals surface area contributed by atoms with E-state index >= 15 is 0 Å². The van der Waals surface area contributed by atoms with Crippen molar-refractivity contribution in [3.63, 3.8) is 0 Å². The molecule has 0 aromatic carbocycles. The van der Waals surface area contributed by atoms with Crippen LogP contribution in [0.5, 0.6) is 0 Å². The van der Waals surface area contributed by atoms with Crippen LogP contribution in [0.1, 0.15) is 121 Å². The van der Waals surface area contributed by atoms with Gasteiger partial charge in [0.2, 0.25) is 0 Å². The summed E-state index contributed by atoms with van der Waals surface area (Å²) in [5.41, 5.74) is -9.64. The highest BCUT2D eigenvalue weighted by Crippen LogP contribution is 2.63. The normalized spacial score (nSPS) is 32.3. The summed E-state index contributed by atoms with van der Waals surface area (Å²) < 4.78 is 162. The second kappa shape index (κ2) is 27.6. The van der Waals surface area contributed by atoms with E-state index in [9.17, 15) is 96.5 Å². The lowest BCUT2D eigenvalue weighted by molar-refractivity contribution is -0.394. The molecule has 2 saturated heterocycles. The number of aliphatic carboxylic acids is 2. The minimum absolute atomic E-state index is 0. The lowest BCUT2D eigenvalue weighted by Crippen LogP contribution is -2.65. The zero-order chi connectivity index (χ0) is 57.9. The van der Waals surface area contributed by atoms with Crippen molar-refractivity contribution >= 4 is 47.8 Å². The third-order valence-corrected chi connectivity index (χ3v) is 15.0. The Morgan fingerprint density at radius 1 is 0.564 bits per heavy atom. The van der Waals surface area contributed by atoms with Gasteiger partial charge < -0.3 is 49.6 Å². The van der Waals surface area contributed by atoms with E-state index in [0.717, 1.165) is 57.8 Å². The van der Waals surface area contributed by atoms with E-state index in [4.69, 9.17) is 30.0 Å². The summed E-state index contributed by atoms with van der Waals surface area (Å²) in [7, 11) is 1.35. The Hall–Kier alpha value is -4.84. The van der Waals surface area contributed by atoms with Crippen molar-refractivity contribution in [2.45, 2.75) is 175 Å². The van der Waals surface area contributed by atoms with Crippen LogP contribution in [-0.2, 0) is 57.3 Å². The molecule has 11 unspecified atom stereocenters. The molecule has 11 atom stereocenters. The van der Waals surface area contributed by atoms with E-state index in [0.29, 0.717) is 6.42 Å². The first kappa shape index (κ1) is 73.2. The number of carboxylic acids is 2. The van der Waals surface area contributed by atoms with Gasteiger partial charge in [0.25, 0.3) is 17.2 Å². The highest BCUT2D eigenvalue weighted by molar-refractivity contribution is 6.03. The molecule has 2 aliphatic heterocycles. The zero-order valence-corrected chi connectivity index (χ0v) is 40.6. The Balaban J connectivity index is 0.000000964. The molecule has 0 aromatic rings. The van der Waals surface area contributed by atoms with Gasteiger partial charge in [-0.1, -0.05) is 29.2 Å². The van der Waals surface area contributed by atoms with Crippen LogP contribution in [0, 0.1) is 71.0 Å². The smallest absolute Gasteiger partial charge is 0.426 e. The number of esters is 6. The molecule has 0 amide bonds. The molecular formula is C48H70F12O18. The van der Waals surface area contributed by atoms with E-state index in [1.165, 1.54) is 14.0 Å². The van der Waals surface area contributed by atoms with Crippen LogP contribution < -0.4 is 0 Å². The Labute approximate surface area is 440 Å². The van der Waals surface area contributed by atoms with Gasteiger partial charge in [0.15, 0.2) is 0 Å². The fourth-order valence-electron chi connectivity index (χ4n) is 11.1. The maximum Gasteiger partial charge on any atom is 0.426 e. The van der Waals surface area contributed by atoms with Crippen molar-refractivity contribution in [1.29, 1.82) is 0 Å². The minimum Gasteiger partial charge on any atom is -0.481 e. The Morgan fingerprint density at radius 3 is 1.23 bits per heavy atom. The molecule has 2 heterocycles. The van der Waals surface area contributed by atoms with Gasteiger partial charge in [0, 0.05) is 19.8 Å². The van der Waals surface area contributed by atoms with Crippen LogP contribution >= 0.6 is 0 Å². The number of hydrogen-bond acceptors (Lipinski definition) is 16. The number of cyclic esters (lactones) is 4. The first-order chi connectivity index (χ1) is 34.1. The molecular weight excluding hydrogens is 1090 g/mol. The highest BCUT2D eigenvalue weighted by Gasteiger charge is 2.75. The van der Waals surface area contributed by atoms with E-state index in [2.05, 4.69) is 21.1 Å². The maximum absolute atomic E-state index is 12.5. The Kier molecular flexibility index (Phi) is 25.8. The molecule has 8 rings (SSSR count). The summed E-state index contributed by atoms with van der Waals surface area (Å²) in [5, 5.41) is 52.2. The van der Waals surface area contributed by atoms with Gasteiger partial charge in [-0.2, -0.15) is 52.7 Å². The molecule has 0 aromatic heterocycles. The summed E-state index contributed by atoms with van der Waals surface area (Å²) in [5.74, 6) is -9.19. The number of ether oxygens (including phenoxy) is 4. The van der Waals surface area contributed by atoms with Crippen molar-refractivity contribution in [3.05, 3.63) is 0 Å². The van der Waals surface area contributed by atoms with Crippen LogP contribution in [0.2, 0.25) is 0 Å². The van der Waals surface area contributed by atoms with Gasteiger partial charge in [-0.25, -0.2) is 0 Å². The zero-order valence-electron chi connectivity index (χ0n) is 40.6. The van der Waals surface area contributed by atoms with Gasteiger partial charge in [0.1, 0.15) is 6.10 Å². The van der Waals surface area contributed by atoms with Crippen molar-refractivity contribution in [1.82, 2.24) is 0 Å². The molecule has 6 aliphatic carbocycles. The largest absolute Gasteiger partial charge is 0.481 e. The predicted octanol–water partition coefficient (Wildman–Crippen LogP) is 7.53. The molecule has 0 spiro atoms. The monoisotopic (exact) mass is 1160 g/mol. The molecule has 78 heavy (non-hydrogen) atoms. The topological polar surface area (TPSA) is 295 Å². The Morgan fingerprint density at radius 2 is 0.923 bits per heavy atom. The van der Waals surface area contributed by atoms with Crippen molar-refractivity contribution < 1.29 is 141 Å². The first-order valence-corrected chi connectivity index (χ1v) is 23.3. The predicted molar refractivity (Wildman–Crippen MR) is 241 cm³/mol. The third-order valence-electron chi connectivity index (χ3n) is 15.0. The molecule has 4 bridgehead atoms. The molecule has 30 heteroatoms. The molecule has 454 valence electrons. The van der Waals surface area contributed by atoms with Crippen LogP contribution in [0.3, 0.4) is 0 Å². The van der Waals surface area contributed by atoms with Crippen LogP contribution in [0.15, 0.2) is 0 Å². The van der Waals surface area contributed by atoms with Gasteiger partial charge in [-0.05, 0) is 107 Å². The summed E-state index contributed by atoms with van der Waals surface area (Å²) in [4.78, 5) is 88.6. The average Bonchev–Trinajstić information content (AvgIpc) is 4.13. The quantitative estimate of drug-likeness (QED) is 0.0686. The summed E-state index contributed by atoms with van der Waals surface area (Å²) in [6, 6.07) is 0. The fourth-order valence-corrected chi connectivity index (χ4v) is 11.1. The molecule has 8 fully saturated rings. The van der Waals surface area contributed by atoms with Gasteiger partial charge in [0.05, 0.1) is 54.8 Å². The number of alkyl halides is 12. The molecule has 18 nitrogen and oxygen atoms in total. The second-order valence-corrected chi connectivity index (χ2v) is 19.9. The fraction of sp³-hybridized carbons (Fsp3) is 0.833. The van der Waals surface area contributed by atoms with E-state index in [-0.39, 0.29) is 83.3 Å². The molecule has 6 saturated carbocycles. The summed E-state index contributed by atoms with van der Waals surface area (Å²) in [6.07, 6.45) is -20.7. The summed E-state index contributed by atoms with van der Waals surface area (Å²) in [6.45, 7) is 4.33.